The molecule has 0 spiro atoms. The first kappa shape index (κ1) is 15.5. The molecule has 0 aliphatic carbocycles. The van der Waals surface area contributed by atoms with Gasteiger partial charge in [0.25, 0.3) is 0 Å². The van der Waals surface area contributed by atoms with Crippen molar-refractivity contribution in [2.75, 3.05) is 0 Å². The Morgan fingerprint density at radius 2 is 1.56 bits per heavy atom. The van der Waals surface area contributed by atoms with Gasteiger partial charge in [-0.25, -0.2) is 0 Å². The van der Waals surface area contributed by atoms with Gasteiger partial charge in [0.1, 0.15) is 0 Å². The van der Waals surface area contributed by atoms with Gasteiger partial charge in [0, 0.05) is 13.0 Å². The molecule has 1 unspecified atom stereocenters. The van der Waals surface area contributed by atoms with E-state index in [1.54, 1.807) is 6.92 Å². The molecule has 0 aromatic heterocycles. The number of carbonyl (C=O) groups is 1. The van der Waals surface area contributed by atoms with Crippen LogP contribution in [0.25, 0.3) is 0 Å². The van der Waals surface area contributed by atoms with E-state index in [2.05, 4.69) is 39.9 Å². The van der Waals surface area contributed by atoms with Crippen molar-refractivity contribution in [3.8, 4) is 0 Å². The van der Waals surface area contributed by atoms with E-state index in [1.165, 1.54) is 25.7 Å². The van der Waals surface area contributed by atoms with E-state index in [9.17, 15) is 4.79 Å². The monoisotopic (exact) mass is 227 g/mol. The minimum absolute atomic E-state index is 0.0946. The van der Waals surface area contributed by atoms with Crippen LogP contribution in [0.2, 0.25) is 0 Å². The number of carbonyl (C=O) groups excluding carboxylic acids is 1. The number of hydrogen-bond donors (Lipinski definition) is 1. The molecule has 16 heavy (non-hydrogen) atoms. The van der Waals surface area contributed by atoms with Gasteiger partial charge in [0.15, 0.2) is 0 Å². The highest BCUT2D eigenvalue weighted by Gasteiger charge is 2.31. The third kappa shape index (κ3) is 5.53. The van der Waals surface area contributed by atoms with Crippen LogP contribution in [0.4, 0.5) is 0 Å². The molecule has 0 aromatic carbocycles. The average Bonchev–Trinajstić information content (AvgIpc) is 2.12. The van der Waals surface area contributed by atoms with Gasteiger partial charge < -0.3 is 5.32 Å². The third-order valence-corrected chi connectivity index (χ3v) is 3.08. The van der Waals surface area contributed by atoms with Crippen molar-refractivity contribution in [1.82, 2.24) is 5.32 Å². The summed E-state index contributed by atoms with van der Waals surface area (Å²) in [6.07, 6.45) is 4.79. The lowest BCUT2D eigenvalue weighted by molar-refractivity contribution is -0.121. The predicted molar refractivity (Wildman–Crippen MR) is 70.4 cm³/mol. The van der Waals surface area contributed by atoms with E-state index < -0.39 is 0 Å². The topological polar surface area (TPSA) is 29.1 Å². The van der Waals surface area contributed by atoms with E-state index in [1.807, 2.05) is 0 Å². The van der Waals surface area contributed by atoms with E-state index in [-0.39, 0.29) is 11.3 Å². The Balaban J connectivity index is 4.73. The maximum Gasteiger partial charge on any atom is 0.217 e. The Hall–Kier alpha value is -0.530. The lowest BCUT2D eigenvalue weighted by atomic mass is 9.75. The van der Waals surface area contributed by atoms with E-state index in [4.69, 9.17) is 0 Å². The minimum atomic E-state index is 0.0946. The van der Waals surface area contributed by atoms with Crippen LogP contribution in [0.3, 0.4) is 0 Å². The minimum Gasteiger partial charge on any atom is -0.353 e. The first-order valence-electron chi connectivity index (χ1n) is 6.60. The van der Waals surface area contributed by atoms with Crippen LogP contribution in [0, 0.1) is 11.3 Å². The van der Waals surface area contributed by atoms with Gasteiger partial charge in [-0.2, -0.15) is 0 Å². The summed E-state index contributed by atoms with van der Waals surface area (Å²) in [5, 5.41) is 3.15. The Morgan fingerprint density at radius 3 is 1.81 bits per heavy atom. The van der Waals surface area contributed by atoms with Crippen molar-refractivity contribution in [3.63, 3.8) is 0 Å². The van der Waals surface area contributed by atoms with Gasteiger partial charge >= 0.3 is 0 Å². The smallest absolute Gasteiger partial charge is 0.217 e. The molecular weight excluding hydrogens is 198 g/mol. The van der Waals surface area contributed by atoms with Gasteiger partial charge in [-0.3, -0.25) is 4.79 Å². The summed E-state index contributed by atoms with van der Waals surface area (Å²) < 4.78 is 0. The molecule has 0 saturated carbocycles. The molecule has 0 fully saturated rings. The normalized spacial score (nSPS) is 13.9. The molecule has 96 valence electrons. The second kappa shape index (κ2) is 6.93. The molecule has 1 atom stereocenters. The molecule has 2 nitrogen and oxygen atoms in total. The number of rotatable bonds is 6. The zero-order valence-electron chi connectivity index (χ0n) is 11.9. The summed E-state index contributed by atoms with van der Waals surface area (Å²) in [4.78, 5) is 11.3. The molecule has 1 amide bonds. The molecule has 0 aromatic rings. The van der Waals surface area contributed by atoms with Crippen LogP contribution in [0.1, 0.15) is 67.2 Å². The van der Waals surface area contributed by atoms with Crippen LogP contribution >= 0.6 is 0 Å². The standard InChI is InChI=1S/C14H29NO/c1-7-9-12(10-8-2)13(14(4,5)6)15-11(3)16/h12-13H,7-10H2,1-6H3,(H,15,16). The average molecular weight is 227 g/mol. The van der Waals surface area contributed by atoms with E-state index in [0.29, 0.717) is 12.0 Å². The van der Waals surface area contributed by atoms with Crippen LogP contribution < -0.4 is 5.32 Å². The molecular formula is C14H29NO. The van der Waals surface area contributed by atoms with Gasteiger partial charge in [-0.05, 0) is 24.2 Å². The number of hydrogen-bond acceptors (Lipinski definition) is 1. The fourth-order valence-electron chi connectivity index (χ4n) is 2.48. The fraction of sp³-hybridized carbons (Fsp3) is 0.929. The Labute approximate surface area is 101 Å². The van der Waals surface area contributed by atoms with Crippen LogP contribution in [0.15, 0.2) is 0 Å². The molecule has 0 aliphatic heterocycles. The molecule has 1 N–H and O–H groups in total. The van der Waals surface area contributed by atoms with Gasteiger partial charge in [0.05, 0.1) is 0 Å². The number of nitrogens with one attached hydrogen (secondary N) is 1. The molecule has 0 rings (SSSR count). The predicted octanol–water partition coefficient (Wildman–Crippen LogP) is 3.75. The molecule has 0 saturated heterocycles. The van der Waals surface area contributed by atoms with Crippen molar-refractivity contribution < 1.29 is 4.79 Å². The first-order chi connectivity index (χ1) is 7.32. The van der Waals surface area contributed by atoms with Gasteiger partial charge in [0.2, 0.25) is 5.91 Å². The molecule has 0 bridgehead atoms. The summed E-state index contributed by atoms with van der Waals surface area (Å²) in [6.45, 7) is 12.7. The highest BCUT2D eigenvalue weighted by molar-refractivity contribution is 5.73. The quantitative estimate of drug-likeness (QED) is 0.735. The molecule has 2 heteroatoms. The first-order valence-corrected chi connectivity index (χ1v) is 6.60. The molecule has 0 heterocycles. The lowest BCUT2D eigenvalue weighted by Crippen LogP contribution is -2.47. The van der Waals surface area contributed by atoms with Crippen molar-refractivity contribution in [3.05, 3.63) is 0 Å². The van der Waals surface area contributed by atoms with Crippen molar-refractivity contribution in [1.29, 1.82) is 0 Å². The highest BCUT2D eigenvalue weighted by Crippen LogP contribution is 2.30. The second-order valence-electron chi connectivity index (χ2n) is 5.88. The van der Waals surface area contributed by atoms with Crippen molar-refractivity contribution in [2.45, 2.75) is 73.3 Å². The van der Waals surface area contributed by atoms with E-state index in [0.717, 1.165) is 0 Å². The van der Waals surface area contributed by atoms with E-state index >= 15 is 0 Å². The third-order valence-electron chi connectivity index (χ3n) is 3.08. The largest absolute Gasteiger partial charge is 0.353 e. The molecule has 0 aliphatic rings. The fourth-order valence-corrected chi connectivity index (χ4v) is 2.48. The Kier molecular flexibility index (Phi) is 6.70. The highest BCUT2D eigenvalue weighted by atomic mass is 16.1. The zero-order chi connectivity index (χ0) is 12.8. The zero-order valence-corrected chi connectivity index (χ0v) is 11.9. The maximum absolute atomic E-state index is 11.3. The van der Waals surface area contributed by atoms with Gasteiger partial charge in [-0.1, -0.05) is 47.5 Å². The second-order valence-corrected chi connectivity index (χ2v) is 5.88. The molecule has 0 radical (unpaired) electrons. The summed E-state index contributed by atoms with van der Waals surface area (Å²) in [6, 6.07) is 0.296. The maximum atomic E-state index is 11.3. The van der Waals surface area contributed by atoms with Crippen molar-refractivity contribution >= 4 is 5.91 Å². The lowest BCUT2D eigenvalue weighted by Gasteiger charge is -2.37. The Morgan fingerprint density at radius 1 is 1.12 bits per heavy atom. The summed E-state index contributed by atoms with van der Waals surface area (Å²) in [5.74, 6) is 0.705. The summed E-state index contributed by atoms with van der Waals surface area (Å²) >= 11 is 0. The SMILES string of the molecule is CCCC(CCC)C(NC(C)=O)C(C)(C)C. The summed E-state index contributed by atoms with van der Waals surface area (Å²) in [5.41, 5.74) is 0.140. The van der Waals surface area contributed by atoms with Crippen LogP contribution in [0.5, 0.6) is 0 Å². The van der Waals surface area contributed by atoms with Crippen molar-refractivity contribution in [2.24, 2.45) is 11.3 Å². The van der Waals surface area contributed by atoms with Crippen LogP contribution in [-0.2, 0) is 4.79 Å². The number of amides is 1. The van der Waals surface area contributed by atoms with Crippen LogP contribution in [-0.4, -0.2) is 11.9 Å². The Bertz CT molecular complexity index is 199. The van der Waals surface area contributed by atoms with Gasteiger partial charge in [-0.15, -0.1) is 0 Å². The summed E-state index contributed by atoms with van der Waals surface area (Å²) in [7, 11) is 0.